The molecule has 0 aliphatic rings. The van der Waals surface area contributed by atoms with E-state index in [2.05, 4.69) is 21.2 Å². The predicted molar refractivity (Wildman–Crippen MR) is 94.6 cm³/mol. The van der Waals surface area contributed by atoms with Crippen molar-refractivity contribution in [3.05, 3.63) is 56.0 Å². The molecule has 0 saturated carbocycles. The zero-order chi connectivity index (χ0) is 18.6. The van der Waals surface area contributed by atoms with Crippen LogP contribution in [-0.4, -0.2) is 30.2 Å². The van der Waals surface area contributed by atoms with E-state index in [-0.39, 0.29) is 28.0 Å². The third-order valence-corrected chi connectivity index (χ3v) is 4.11. The molecule has 132 valence electrons. The Hall–Kier alpha value is -2.81. The second-order valence-corrected chi connectivity index (χ2v) is 5.80. The quantitative estimate of drug-likeness (QED) is 0.528. The number of nitrogens with zero attached hydrogens (tertiary/aromatic N) is 1. The first-order valence-electron chi connectivity index (χ1n) is 7.03. The number of halogens is 1. The summed E-state index contributed by atoms with van der Waals surface area (Å²) in [5, 5.41) is 23.3. The maximum Gasteiger partial charge on any atom is 0.337 e. The Labute approximate surface area is 151 Å². The fourth-order valence-corrected chi connectivity index (χ4v) is 2.70. The lowest BCUT2D eigenvalue weighted by molar-refractivity contribution is -0.385. The van der Waals surface area contributed by atoms with E-state index in [9.17, 15) is 20.0 Å². The van der Waals surface area contributed by atoms with Gasteiger partial charge in [0.2, 0.25) is 0 Å². The molecule has 0 aliphatic carbocycles. The zero-order valence-corrected chi connectivity index (χ0v) is 15.0. The van der Waals surface area contributed by atoms with Gasteiger partial charge in [0.05, 0.1) is 34.9 Å². The molecule has 2 aromatic rings. The van der Waals surface area contributed by atoms with Crippen molar-refractivity contribution >= 4 is 33.3 Å². The van der Waals surface area contributed by atoms with Gasteiger partial charge in [-0.1, -0.05) is 0 Å². The van der Waals surface area contributed by atoms with Gasteiger partial charge in [-0.2, -0.15) is 0 Å². The van der Waals surface area contributed by atoms with E-state index < -0.39 is 10.9 Å². The second-order valence-electron chi connectivity index (χ2n) is 4.94. The molecule has 0 atom stereocenters. The number of ether oxygens (including phenoxy) is 2. The fourth-order valence-electron chi connectivity index (χ4n) is 2.21. The first-order chi connectivity index (χ1) is 11.9. The molecule has 0 bridgehead atoms. The summed E-state index contributed by atoms with van der Waals surface area (Å²) in [6, 6.07) is 7.58. The van der Waals surface area contributed by atoms with Gasteiger partial charge in [-0.25, -0.2) is 4.79 Å². The van der Waals surface area contributed by atoms with Gasteiger partial charge in [0.25, 0.3) is 5.69 Å². The van der Waals surface area contributed by atoms with Crippen LogP contribution in [0.4, 0.5) is 11.4 Å². The van der Waals surface area contributed by atoms with Gasteiger partial charge >= 0.3 is 5.97 Å². The Balaban J connectivity index is 2.35. The first-order valence-corrected chi connectivity index (χ1v) is 7.82. The van der Waals surface area contributed by atoms with Crippen LogP contribution in [0.3, 0.4) is 0 Å². The van der Waals surface area contributed by atoms with E-state index in [1.54, 1.807) is 18.2 Å². The average Bonchev–Trinajstić information content (AvgIpc) is 2.59. The van der Waals surface area contributed by atoms with E-state index >= 15 is 0 Å². The molecule has 0 unspecified atom stereocenters. The van der Waals surface area contributed by atoms with Crippen LogP contribution < -0.4 is 14.8 Å². The number of anilines is 1. The standard InChI is InChI=1S/C16H15BrN2O6/c1-24-10-4-3-9(15(5-10)25-2)8-18-13-7-14(19(22)23)12(17)6-11(13)16(20)21/h3-7,18H,8H2,1-2H3,(H,20,21). The molecular formula is C16H15BrN2O6. The lowest BCUT2D eigenvalue weighted by Gasteiger charge is -2.13. The Morgan fingerprint density at radius 2 is 2.00 bits per heavy atom. The maximum atomic E-state index is 11.4. The number of carbonyl (C=O) groups is 1. The highest BCUT2D eigenvalue weighted by Gasteiger charge is 2.20. The van der Waals surface area contributed by atoms with Crippen LogP contribution in [0.15, 0.2) is 34.8 Å². The van der Waals surface area contributed by atoms with Crippen LogP contribution in [0.25, 0.3) is 0 Å². The van der Waals surface area contributed by atoms with Crippen LogP contribution in [0.2, 0.25) is 0 Å². The molecule has 9 heteroatoms. The first kappa shape index (κ1) is 18.5. The molecule has 2 aromatic carbocycles. The van der Waals surface area contributed by atoms with Gasteiger partial charge < -0.3 is 19.9 Å². The molecule has 0 aromatic heterocycles. The van der Waals surface area contributed by atoms with Gasteiger partial charge in [0.15, 0.2) is 0 Å². The van der Waals surface area contributed by atoms with Crippen LogP contribution in [0.1, 0.15) is 15.9 Å². The molecule has 0 heterocycles. The second kappa shape index (κ2) is 7.84. The van der Waals surface area contributed by atoms with Crippen LogP contribution in [-0.2, 0) is 6.54 Å². The number of nitro groups is 1. The van der Waals surface area contributed by atoms with Crippen molar-refractivity contribution in [3.63, 3.8) is 0 Å². The van der Waals surface area contributed by atoms with Gasteiger partial charge in [0.1, 0.15) is 11.5 Å². The summed E-state index contributed by atoms with van der Waals surface area (Å²) in [4.78, 5) is 21.9. The van der Waals surface area contributed by atoms with E-state index in [1.165, 1.54) is 26.4 Å². The van der Waals surface area contributed by atoms with Gasteiger partial charge in [-0.3, -0.25) is 10.1 Å². The van der Waals surface area contributed by atoms with Crippen molar-refractivity contribution in [2.45, 2.75) is 6.54 Å². The van der Waals surface area contributed by atoms with Crippen LogP contribution in [0.5, 0.6) is 11.5 Å². The highest BCUT2D eigenvalue weighted by molar-refractivity contribution is 9.10. The number of nitro benzene ring substituents is 1. The SMILES string of the molecule is COc1ccc(CNc2cc([N+](=O)[O-])c(Br)cc2C(=O)O)c(OC)c1. The molecule has 8 nitrogen and oxygen atoms in total. The number of rotatable bonds is 7. The summed E-state index contributed by atoms with van der Waals surface area (Å²) in [5.74, 6) is -0.0266. The van der Waals surface area contributed by atoms with Crippen LogP contribution in [0, 0.1) is 10.1 Å². The molecule has 0 amide bonds. The molecular weight excluding hydrogens is 396 g/mol. The minimum Gasteiger partial charge on any atom is -0.497 e. The van der Waals surface area contributed by atoms with Crippen molar-refractivity contribution in [3.8, 4) is 11.5 Å². The molecule has 0 saturated heterocycles. The van der Waals surface area contributed by atoms with E-state index in [0.717, 1.165) is 5.56 Å². The third-order valence-electron chi connectivity index (χ3n) is 3.48. The Bertz CT molecular complexity index is 825. The minimum atomic E-state index is -1.19. The number of aromatic carboxylic acids is 1. The number of carboxylic acid groups (broad SMARTS) is 1. The molecule has 25 heavy (non-hydrogen) atoms. The van der Waals surface area contributed by atoms with Gasteiger partial charge in [-0.05, 0) is 34.1 Å². The lowest BCUT2D eigenvalue weighted by Crippen LogP contribution is -2.08. The van der Waals surface area contributed by atoms with Crippen molar-refractivity contribution in [2.24, 2.45) is 0 Å². The lowest BCUT2D eigenvalue weighted by atomic mass is 10.1. The number of hydrogen-bond donors (Lipinski definition) is 2. The van der Waals surface area contributed by atoms with E-state index in [4.69, 9.17) is 9.47 Å². The summed E-state index contributed by atoms with van der Waals surface area (Å²) in [5.41, 5.74) is 0.574. The Morgan fingerprint density at radius 1 is 1.28 bits per heavy atom. The summed E-state index contributed by atoms with van der Waals surface area (Å²) in [6.45, 7) is 0.215. The Kier molecular flexibility index (Phi) is 5.81. The van der Waals surface area contributed by atoms with Crippen molar-refractivity contribution in [1.29, 1.82) is 0 Å². The highest BCUT2D eigenvalue weighted by Crippen LogP contribution is 2.32. The average molecular weight is 411 g/mol. The highest BCUT2D eigenvalue weighted by atomic mass is 79.9. The third kappa shape index (κ3) is 4.18. The van der Waals surface area contributed by atoms with Crippen molar-refractivity contribution < 1.29 is 24.3 Å². The molecule has 2 rings (SSSR count). The fraction of sp³-hybridized carbons (Fsp3) is 0.188. The maximum absolute atomic E-state index is 11.4. The van der Waals surface area contributed by atoms with Crippen LogP contribution >= 0.6 is 15.9 Å². The summed E-state index contributed by atoms with van der Waals surface area (Å²) >= 11 is 3.02. The molecule has 2 N–H and O–H groups in total. The number of benzene rings is 2. The molecule has 0 radical (unpaired) electrons. The summed E-state index contributed by atoms with van der Waals surface area (Å²) in [7, 11) is 3.04. The molecule has 0 fully saturated rings. The van der Waals surface area contributed by atoms with E-state index in [0.29, 0.717) is 11.5 Å². The summed E-state index contributed by atoms with van der Waals surface area (Å²) < 4.78 is 10.5. The largest absolute Gasteiger partial charge is 0.497 e. The van der Waals surface area contributed by atoms with Gasteiger partial charge in [-0.15, -0.1) is 0 Å². The normalized spacial score (nSPS) is 10.2. The number of nitrogens with one attached hydrogen (secondary N) is 1. The topological polar surface area (TPSA) is 111 Å². The van der Waals surface area contributed by atoms with Gasteiger partial charge in [0, 0.05) is 24.2 Å². The smallest absolute Gasteiger partial charge is 0.337 e. The van der Waals surface area contributed by atoms with E-state index in [1.807, 2.05) is 0 Å². The number of hydrogen-bond acceptors (Lipinski definition) is 6. The predicted octanol–water partition coefficient (Wildman–Crippen LogP) is 3.68. The number of methoxy groups -OCH3 is 2. The number of carboxylic acids is 1. The minimum absolute atomic E-state index is 0.0787. The monoisotopic (exact) mass is 410 g/mol. The molecule has 0 spiro atoms. The van der Waals surface area contributed by atoms with Crippen molar-refractivity contribution in [2.75, 3.05) is 19.5 Å². The van der Waals surface area contributed by atoms with Crippen molar-refractivity contribution in [1.82, 2.24) is 0 Å². The molecule has 0 aliphatic heterocycles. The Morgan fingerprint density at radius 3 is 2.56 bits per heavy atom. The zero-order valence-electron chi connectivity index (χ0n) is 13.4. The summed E-state index contributed by atoms with van der Waals surface area (Å²) in [6.07, 6.45) is 0.